The number of nitrogens with zero attached hydrogens (tertiary/aromatic N) is 3. The number of halogens is 2. The zero-order valence-corrected chi connectivity index (χ0v) is 10.9. The Morgan fingerprint density at radius 3 is 2.12 bits per heavy atom. The summed E-state index contributed by atoms with van der Waals surface area (Å²) >= 11 is 6.64. The van der Waals surface area contributed by atoms with Crippen LogP contribution in [0, 0.1) is 0 Å². The van der Waals surface area contributed by atoms with Gasteiger partial charge in [-0.15, -0.1) is 10.2 Å². The minimum atomic E-state index is -0.975. The van der Waals surface area contributed by atoms with Crippen LogP contribution >= 0.6 is 31.9 Å². The first kappa shape index (κ1) is 11.3. The van der Waals surface area contributed by atoms with E-state index in [0.29, 0.717) is 8.95 Å². The van der Waals surface area contributed by atoms with Gasteiger partial charge in [0.25, 0.3) is 0 Å². The average Bonchev–Trinajstić information content (AvgIpc) is 2.69. The van der Waals surface area contributed by atoms with Crippen LogP contribution in [0.3, 0.4) is 0 Å². The van der Waals surface area contributed by atoms with Crippen LogP contribution in [0.15, 0.2) is 33.7 Å². The number of aromatic carboxylic acids is 1. The van der Waals surface area contributed by atoms with E-state index in [2.05, 4.69) is 42.1 Å². The minimum Gasteiger partial charge on any atom is -0.478 e. The van der Waals surface area contributed by atoms with Crippen LogP contribution in [-0.4, -0.2) is 25.8 Å². The van der Waals surface area contributed by atoms with Crippen molar-refractivity contribution in [3.8, 4) is 5.69 Å². The van der Waals surface area contributed by atoms with E-state index >= 15 is 0 Å². The van der Waals surface area contributed by atoms with Gasteiger partial charge in [0.15, 0.2) is 0 Å². The van der Waals surface area contributed by atoms with E-state index < -0.39 is 5.97 Å². The Hall–Kier alpha value is -1.21. The van der Waals surface area contributed by atoms with E-state index in [4.69, 9.17) is 5.11 Å². The molecule has 5 nitrogen and oxygen atoms in total. The second kappa shape index (κ2) is 4.34. The standard InChI is InChI=1S/C9H5Br2N3O2/c10-6-1-5(9(15)16)2-7(11)8(6)14-3-12-13-4-14/h1-4H,(H,15,16). The van der Waals surface area contributed by atoms with Crippen molar-refractivity contribution < 1.29 is 9.90 Å². The van der Waals surface area contributed by atoms with E-state index in [0.717, 1.165) is 5.69 Å². The van der Waals surface area contributed by atoms with Crippen LogP contribution in [0.4, 0.5) is 0 Å². The average molecular weight is 347 g/mol. The molecule has 82 valence electrons. The van der Waals surface area contributed by atoms with Crippen molar-refractivity contribution in [2.75, 3.05) is 0 Å². The second-order valence-corrected chi connectivity index (χ2v) is 4.67. The molecule has 0 atom stereocenters. The summed E-state index contributed by atoms with van der Waals surface area (Å²) in [6.45, 7) is 0. The van der Waals surface area contributed by atoms with E-state index in [9.17, 15) is 4.79 Å². The summed E-state index contributed by atoms with van der Waals surface area (Å²) in [6.07, 6.45) is 3.07. The molecule has 0 amide bonds. The van der Waals surface area contributed by atoms with Gasteiger partial charge in [-0.1, -0.05) is 0 Å². The Morgan fingerprint density at radius 2 is 1.69 bits per heavy atom. The lowest BCUT2D eigenvalue weighted by molar-refractivity contribution is 0.0696. The molecule has 0 aliphatic rings. The molecule has 1 N–H and O–H groups in total. The van der Waals surface area contributed by atoms with Gasteiger partial charge in [-0.05, 0) is 44.0 Å². The molecule has 1 heterocycles. The van der Waals surface area contributed by atoms with E-state index in [1.165, 1.54) is 24.8 Å². The largest absolute Gasteiger partial charge is 0.478 e. The minimum absolute atomic E-state index is 0.204. The van der Waals surface area contributed by atoms with Crippen LogP contribution in [0.2, 0.25) is 0 Å². The van der Waals surface area contributed by atoms with Crippen LogP contribution in [0.25, 0.3) is 5.69 Å². The Morgan fingerprint density at radius 1 is 1.19 bits per heavy atom. The molecule has 2 rings (SSSR count). The second-order valence-electron chi connectivity index (χ2n) is 2.96. The highest BCUT2D eigenvalue weighted by Gasteiger charge is 2.12. The van der Waals surface area contributed by atoms with Gasteiger partial charge in [0.1, 0.15) is 12.7 Å². The number of hydrogen-bond acceptors (Lipinski definition) is 3. The predicted molar refractivity (Wildman–Crippen MR) is 63.7 cm³/mol. The number of aromatic nitrogens is 3. The molecule has 0 bridgehead atoms. The maximum atomic E-state index is 10.8. The SMILES string of the molecule is O=C(O)c1cc(Br)c(-n2cnnc2)c(Br)c1. The van der Waals surface area contributed by atoms with Gasteiger partial charge in [-0.2, -0.15) is 0 Å². The summed E-state index contributed by atoms with van der Waals surface area (Å²) in [5.41, 5.74) is 0.963. The lowest BCUT2D eigenvalue weighted by Gasteiger charge is -2.08. The molecule has 16 heavy (non-hydrogen) atoms. The van der Waals surface area contributed by atoms with Gasteiger partial charge in [-0.25, -0.2) is 4.79 Å². The molecule has 1 aromatic carbocycles. The van der Waals surface area contributed by atoms with Crippen LogP contribution < -0.4 is 0 Å². The van der Waals surface area contributed by atoms with Gasteiger partial charge >= 0.3 is 5.97 Å². The molecule has 0 fully saturated rings. The van der Waals surface area contributed by atoms with Crippen molar-refractivity contribution in [1.82, 2.24) is 14.8 Å². The number of benzene rings is 1. The molecule has 0 radical (unpaired) electrons. The number of rotatable bonds is 2. The van der Waals surface area contributed by atoms with Crippen molar-refractivity contribution in [1.29, 1.82) is 0 Å². The Balaban J connectivity index is 2.61. The Bertz CT molecular complexity index is 517. The molecule has 0 aliphatic heterocycles. The first-order valence-electron chi connectivity index (χ1n) is 4.17. The maximum absolute atomic E-state index is 10.8. The lowest BCUT2D eigenvalue weighted by atomic mass is 10.2. The van der Waals surface area contributed by atoms with E-state index in [1.54, 1.807) is 4.57 Å². The fourth-order valence-electron chi connectivity index (χ4n) is 1.25. The molecule has 0 saturated carbocycles. The molecule has 0 saturated heterocycles. The molecule has 1 aromatic heterocycles. The zero-order valence-electron chi connectivity index (χ0n) is 7.76. The lowest BCUT2D eigenvalue weighted by Crippen LogP contribution is -2.00. The maximum Gasteiger partial charge on any atom is 0.335 e. The Labute approximate surface area is 107 Å². The number of carboxylic acids is 1. The quantitative estimate of drug-likeness (QED) is 0.907. The van der Waals surface area contributed by atoms with Crippen molar-refractivity contribution >= 4 is 37.8 Å². The summed E-state index contributed by atoms with van der Waals surface area (Å²) in [6, 6.07) is 3.06. The molecule has 7 heteroatoms. The van der Waals surface area contributed by atoms with Crippen LogP contribution in [0.1, 0.15) is 10.4 Å². The molecule has 2 aromatic rings. The van der Waals surface area contributed by atoms with Gasteiger partial charge in [0.05, 0.1) is 11.3 Å². The third-order valence-electron chi connectivity index (χ3n) is 1.94. The van der Waals surface area contributed by atoms with Gasteiger partial charge in [0, 0.05) is 8.95 Å². The normalized spacial score (nSPS) is 10.4. The highest BCUT2D eigenvalue weighted by Crippen LogP contribution is 2.30. The number of carbonyl (C=O) groups is 1. The fraction of sp³-hybridized carbons (Fsp3) is 0. The van der Waals surface area contributed by atoms with E-state index in [1.807, 2.05) is 0 Å². The highest BCUT2D eigenvalue weighted by atomic mass is 79.9. The van der Waals surface area contributed by atoms with Crippen molar-refractivity contribution in [3.63, 3.8) is 0 Å². The van der Waals surface area contributed by atoms with Crippen LogP contribution in [-0.2, 0) is 0 Å². The van der Waals surface area contributed by atoms with Gasteiger partial charge < -0.3 is 5.11 Å². The molecular formula is C9H5Br2N3O2. The third-order valence-corrected chi connectivity index (χ3v) is 3.15. The van der Waals surface area contributed by atoms with Gasteiger partial charge in [-0.3, -0.25) is 4.57 Å². The number of hydrogen-bond donors (Lipinski definition) is 1. The van der Waals surface area contributed by atoms with E-state index in [-0.39, 0.29) is 5.56 Å². The van der Waals surface area contributed by atoms with Crippen molar-refractivity contribution in [3.05, 3.63) is 39.3 Å². The third kappa shape index (κ3) is 2.00. The summed E-state index contributed by atoms with van der Waals surface area (Å²) in [5.74, 6) is -0.975. The molecule has 0 unspecified atom stereocenters. The first-order valence-corrected chi connectivity index (χ1v) is 5.75. The van der Waals surface area contributed by atoms with Crippen LogP contribution in [0.5, 0.6) is 0 Å². The monoisotopic (exact) mass is 345 g/mol. The van der Waals surface area contributed by atoms with Gasteiger partial charge in [0.2, 0.25) is 0 Å². The first-order chi connectivity index (χ1) is 7.59. The van der Waals surface area contributed by atoms with Crippen molar-refractivity contribution in [2.24, 2.45) is 0 Å². The fourth-order valence-corrected chi connectivity index (χ4v) is 2.85. The summed E-state index contributed by atoms with van der Waals surface area (Å²) in [5, 5.41) is 16.3. The highest BCUT2D eigenvalue weighted by molar-refractivity contribution is 9.11. The predicted octanol–water partition coefficient (Wildman–Crippen LogP) is 2.49. The molecule has 0 spiro atoms. The number of carboxylic acid groups (broad SMARTS) is 1. The van der Waals surface area contributed by atoms with Crippen molar-refractivity contribution in [2.45, 2.75) is 0 Å². The molecular weight excluding hydrogens is 342 g/mol. The topological polar surface area (TPSA) is 68.0 Å². The zero-order chi connectivity index (χ0) is 11.7. The summed E-state index contributed by atoms with van der Waals surface area (Å²) < 4.78 is 2.98. The Kier molecular flexibility index (Phi) is 3.06. The summed E-state index contributed by atoms with van der Waals surface area (Å²) in [4.78, 5) is 10.8. The molecule has 0 aliphatic carbocycles. The summed E-state index contributed by atoms with van der Waals surface area (Å²) in [7, 11) is 0. The smallest absolute Gasteiger partial charge is 0.335 e.